The van der Waals surface area contributed by atoms with Crippen molar-refractivity contribution >= 4 is 23.2 Å². The molecule has 24 heavy (non-hydrogen) atoms. The summed E-state index contributed by atoms with van der Waals surface area (Å²) in [5.41, 5.74) is 1.30. The molecule has 0 bridgehead atoms. The molecule has 0 spiro atoms. The van der Waals surface area contributed by atoms with Gasteiger partial charge in [-0.05, 0) is 36.8 Å². The third kappa shape index (κ3) is 5.51. The van der Waals surface area contributed by atoms with Crippen molar-refractivity contribution in [3.8, 4) is 0 Å². The molecule has 1 aliphatic rings. The second kappa shape index (κ2) is 9.67. The lowest BCUT2D eigenvalue weighted by atomic mass is 10.1. The van der Waals surface area contributed by atoms with E-state index in [-0.39, 0.29) is 5.91 Å². The van der Waals surface area contributed by atoms with Crippen LogP contribution >= 0.6 is 11.3 Å². The number of unbranched alkanes of at least 4 members (excludes halogenated alkanes) is 2. The van der Waals surface area contributed by atoms with E-state index in [1.807, 2.05) is 4.90 Å². The average molecular weight is 351 g/mol. The van der Waals surface area contributed by atoms with Gasteiger partial charge in [0, 0.05) is 31.1 Å². The van der Waals surface area contributed by atoms with Crippen molar-refractivity contribution in [2.24, 2.45) is 4.99 Å². The Balaban J connectivity index is 1.74. The third-order valence-corrected chi connectivity index (χ3v) is 5.44. The molecule has 6 heteroatoms. The first-order chi connectivity index (χ1) is 11.6. The Morgan fingerprint density at radius 2 is 2.29 bits per heavy atom. The molecule has 1 amide bonds. The minimum Gasteiger partial charge on any atom is -0.354 e. The molecule has 0 fully saturated rings. The van der Waals surface area contributed by atoms with Crippen LogP contribution in [-0.2, 0) is 17.8 Å². The summed E-state index contributed by atoms with van der Waals surface area (Å²) in [5.74, 6) is 0.842. The van der Waals surface area contributed by atoms with Gasteiger partial charge >= 0.3 is 0 Å². The van der Waals surface area contributed by atoms with Crippen molar-refractivity contribution in [3.63, 3.8) is 0 Å². The fourth-order valence-corrected chi connectivity index (χ4v) is 3.82. The van der Waals surface area contributed by atoms with Crippen LogP contribution in [0, 0.1) is 0 Å². The summed E-state index contributed by atoms with van der Waals surface area (Å²) in [4.78, 5) is 20.0. The van der Waals surface area contributed by atoms with E-state index < -0.39 is 0 Å². The molecule has 1 aromatic rings. The van der Waals surface area contributed by atoms with Gasteiger partial charge in [0.2, 0.25) is 5.91 Å². The Labute approximate surface area is 149 Å². The quantitative estimate of drug-likeness (QED) is 0.452. The average Bonchev–Trinajstić information content (AvgIpc) is 3.06. The lowest BCUT2D eigenvalue weighted by Crippen LogP contribution is -2.47. The molecule has 1 aliphatic heterocycles. The lowest BCUT2D eigenvalue weighted by Gasteiger charge is -2.27. The second-order valence-corrected chi connectivity index (χ2v) is 7.40. The molecule has 0 aromatic carbocycles. The molecule has 0 saturated carbocycles. The van der Waals surface area contributed by atoms with Crippen LogP contribution in [0.25, 0.3) is 0 Å². The van der Waals surface area contributed by atoms with Crippen LogP contribution in [0.1, 0.15) is 50.0 Å². The normalized spacial score (nSPS) is 15.8. The number of fused-ring (bicyclic) bond motifs is 1. The van der Waals surface area contributed by atoms with Gasteiger partial charge in [-0.3, -0.25) is 9.79 Å². The molecule has 1 unspecified atom stereocenters. The minimum absolute atomic E-state index is 0.133. The number of carbonyl (C=O) groups is 1. The molecule has 2 rings (SSSR count). The minimum atomic E-state index is 0.133. The van der Waals surface area contributed by atoms with E-state index >= 15 is 0 Å². The first-order valence-electron chi connectivity index (χ1n) is 8.94. The number of hydrogen-bond acceptors (Lipinski definition) is 3. The SMILES string of the molecule is CCCCCC(C)NC(=NC)NCC(=O)N1CCc2sccc2C1. The smallest absolute Gasteiger partial charge is 0.242 e. The molecule has 134 valence electrons. The number of amides is 1. The maximum atomic E-state index is 12.4. The van der Waals surface area contributed by atoms with Crippen LogP contribution in [0.5, 0.6) is 0 Å². The fraction of sp³-hybridized carbons (Fsp3) is 0.667. The zero-order valence-corrected chi connectivity index (χ0v) is 15.9. The summed E-state index contributed by atoms with van der Waals surface area (Å²) in [7, 11) is 1.75. The molecular formula is C18H30N4OS. The number of nitrogens with one attached hydrogen (secondary N) is 2. The highest BCUT2D eigenvalue weighted by molar-refractivity contribution is 7.10. The third-order valence-electron chi connectivity index (χ3n) is 4.41. The zero-order chi connectivity index (χ0) is 17.4. The number of guanidine groups is 1. The van der Waals surface area contributed by atoms with E-state index in [1.165, 1.54) is 29.7 Å². The molecule has 1 atom stereocenters. The van der Waals surface area contributed by atoms with Crippen LogP contribution in [0.15, 0.2) is 16.4 Å². The van der Waals surface area contributed by atoms with Gasteiger partial charge in [0.25, 0.3) is 0 Å². The first-order valence-corrected chi connectivity index (χ1v) is 9.82. The number of aliphatic imine (C=N–C) groups is 1. The fourth-order valence-electron chi connectivity index (χ4n) is 2.93. The van der Waals surface area contributed by atoms with Gasteiger partial charge in [-0.25, -0.2) is 0 Å². The van der Waals surface area contributed by atoms with Gasteiger partial charge in [-0.1, -0.05) is 26.2 Å². The van der Waals surface area contributed by atoms with Gasteiger partial charge in [0.15, 0.2) is 5.96 Å². The summed E-state index contributed by atoms with van der Waals surface area (Å²) in [6.07, 6.45) is 5.80. The molecule has 0 saturated heterocycles. The van der Waals surface area contributed by atoms with Crippen molar-refractivity contribution in [2.75, 3.05) is 20.1 Å². The van der Waals surface area contributed by atoms with Crippen LogP contribution in [0.2, 0.25) is 0 Å². The summed E-state index contributed by atoms with van der Waals surface area (Å²) in [6.45, 7) is 6.21. The largest absolute Gasteiger partial charge is 0.354 e. The molecular weight excluding hydrogens is 320 g/mol. The molecule has 2 N–H and O–H groups in total. The van der Waals surface area contributed by atoms with Crippen molar-refractivity contribution in [2.45, 2.75) is 58.5 Å². The second-order valence-electron chi connectivity index (χ2n) is 6.40. The van der Waals surface area contributed by atoms with Gasteiger partial charge in [0.1, 0.15) is 0 Å². The molecule has 2 heterocycles. The van der Waals surface area contributed by atoms with Gasteiger partial charge < -0.3 is 15.5 Å². The summed E-state index contributed by atoms with van der Waals surface area (Å²) >= 11 is 1.79. The van der Waals surface area contributed by atoms with E-state index in [4.69, 9.17) is 0 Å². The van der Waals surface area contributed by atoms with Gasteiger partial charge in [-0.2, -0.15) is 0 Å². The monoisotopic (exact) mass is 350 g/mol. The molecule has 0 aliphatic carbocycles. The van der Waals surface area contributed by atoms with E-state index in [1.54, 1.807) is 18.4 Å². The predicted molar refractivity (Wildman–Crippen MR) is 102 cm³/mol. The highest BCUT2D eigenvalue weighted by Crippen LogP contribution is 2.23. The number of thiophene rings is 1. The van der Waals surface area contributed by atoms with Crippen molar-refractivity contribution < 1.29 is 4.79 Å². The Morgan fingerprint density at radius 3 is 3.04 bits per heavy atom. The van der Waals surface area contributed by atoms with Crippen molar-refractivity contribution in [3.05, 3.63) is 21.9 Å². The number of hydrogen-bond donors (Lipinski definition) is 2. The number of rotatable bonds is 7. The number of carbonyl (C=O) groups excluding carboxylic acids is 1. The van der Waals surface area contributed by atoms with Gasteiger partial charge in [0.05, 0.1) is 6.54 Å². The molecule has 0 radical (unpaired) electrons. The maximum Gasteiger partial charge on any atom is 0.242 e. The highest BCUT2D eigenvalue weighted by atomic mass is 32.1. The van der Waals surface area contributed by atoms with Crippen molar-refractivity contribution in [1.29, 1.82) is 0 Å². The summed E-state index contributed by atoms with van der Waals surface area (Å²) in [6, 6.07) is 2.49. The predicted octanol–water partition coefficient (Wildman–Crippen LogP) is 2.77. The van der Waals surface area contributed by atoms with Crippen LogP contribution in [-0.4, -0.2) is 42.9 Å². The molecule has 5 nitrogen and oxygen atoms in total. The zero-order valence-electron chi connectivity index (χ0n) is 15.1. The van der Waals surface area contributed by atoms with Crippen LogP contribution in [0.4, 0.5) is 0 Å². The maximum absolute atomic E-state index is 12.4. The summed E-state index contributed by atoms with van der Waals surface area (Å²) < 4.78 is 0. The number of nitrogens with zero attached hydrogens (tertiary/aromatic N) is 2. The van der Waals surface area contributed by atoms with Crippen molar-refractivity contribution in [1.82, 2.24) is 15.5 Å². The standard InChI is InChI=1S/C18H30N4OS/c1-4-5-6-7-14(2)21-18(19-3)20-12-17(23)22-10-8-16-15(13-22)9-11-24-16/h9,11,14H,4-8,10,12-13H2,1-3H3,(H2,19,20,21). The summed E-state index contributed by atoms with van der Waals surface area (Å²) in [5, 5.41) is 8.63. The molecule has 1 aromatic heterocycles. The van der Waals surface area contributed by atoms with Crippen LogP contribution < -0.4 is 10.6 Å². The Morgan fingerprint density at radius 1 is 1.46 bits per heavy atom. The van der Waals surface area contributed by atoms with Gasteiger partial charge in [-0.15, -0.1) is 11.3 Å². The first kappa shape index (κ1) is 18.8. The van der Waals surface area contributed by atoms with E-state index in [0.29, 0.717) is 18.5 Å². The lowest BCUT2D eigenvalue weighted by molar-refractivity contribution is -0.130. The van der Waals surface area contributed by atoms with E-state index in [2.05, 4.69) is 40.9 Å². The topological polar surface area (TPSA) is 56.7 Å². The Bertz CT molecular complexity index is 555. The highest BCUT2D eigenvalue weighted by Gasteiger charge is 2.21. The van der Waals surface area contributed by atoms with Crippen LogP contribution in [0.3, 0.4) is 0 Å². The van der Waals surface area contributed by atoms with E-state index in [9.17, 15) is 4.79 Å². The van der Waals surface area contributed by atoms with E-state index in [0.717, 1.165) is 25.9 Å². The Hall–Kier alpha value is -1.56. The Kier molecular flexibility index (Phi) is 7.56.